The number of H-pyrrole nitrogens is 1. The highest BCUT2D eigenvalue weighted by Gasteiger charge is 2.13. The lowest BCUT2D eigenvalue weighted by atomic mass is 10.2. The van der Waals surface area contributed by atoms with Gasteiger partial charge in [-0.15, -0.1) is 0 Å². The maximum Gasteiger partial charge on any atom is 0.289 e. The molecule has 0 aliphatic rings. The largest absolute Gasteiger partial charge is 0.383 e. The number of nitrogen functional groups attached to an aromatic ring is 2. The number of fused-ring (bicyclic) bond motifs is 1. The molecular weight excluding hydrogens is 294 g/mol. The Bertz CT molecular complexity index is 894. The van der Waals surface area contributed by atoms with Gasteiger partial charge in [-0.25, -0.2) is 0 Å². The third-order valence-electron chi connectivity index (χ3n) is 2.81. The monoisotopic (exact) mass is 303 g/mol. The molecule has 0 aliphatic carbocycles. The van der Waals surface area contributed by atoms with E-state index in [1.807, 2.05) is 0 Å². The van der Waals surface area contributed by atoms with E-state index in [9.17, 15) is 4.79 Å². The maximum atomic E-state index is 12.3. The van der Waals surface area contributed by atoms with E-state index in [1.165, 1.54) is 6.21 Å². The number of anilines is 2. The molecule has 0 aliphatic heterocycles. The third kappa shape index (κ3) is 2.32. The van der Waals surface area contributed by atoms with Crippen molar-refractivity contribution in [1.82, 2.24) is 19.9 Å². The summed E-state index contributed by atoms with van der Waals surface area (Å²) in [6.45, 7) is 0. The molecule has 8 nitrogen and oxygen atoms in total. The Hall–Kier alpha value is -2.87. The van der Waals surface area contributed by atoms with Crippen LogP contribution in [0.15, 0.2) is 34.2 Å². The topological polar surface area (TPSA) is 128 Å². The molecule has 0 fully saturated rings. The Balaban J connectivity index is 2.10. The average molecular weight is 304 g/mol. The lowest BCUT2D eigenvalue weighted by Gasteiger charge is -2.02. The van der Waals surface area contributed by atoms with Crippen molar-refractivity contribution in [2.24, 2.45) is 5.10 Å². The molecule has 3 rings (SSSR count). The SMILES string of the molecule is Nc1[nH]nc2nc(N)n(/N=C/c3ccc(Cl)cc3)c(=O)c12. The van der Waals surface area contributed by atoms with Gasteiger partial charge in [0, 0.05) is 5.02 Å². The van der Waals surface area contributed by atoms with E-state index in [0.717, 1.165) is 10.2 Å². The van der Waals surface area contributed by atoms with Crippen LogP contribution in [0, 0.1) is 0 Å². The molecule has 2 aromatic heterocycles. The Kier molecular flexibility index (Phi) is 3.07. The summed E-state index contributed by atoms with van der Waals surface area (Å²) in [5, 5.41) is 11.1. The van der Waals surface area contributed by atoms with Gasteiger partial charge in [-0.2, -0.15) is 19.9 Å². The summed E-state index contributed by atoms with van der Waals surface area (Å²) in [5.41, 5.74) is 11.8. The van der Waals surface area contributed by atoms with Crippen molar-refractivity contribution >= 4 is 40.6 Å². The van der Waals surface area contributed by atoms with Gasteiger partial charge in [-0.1, -0.05) is 23.7 Å². The first-order valence-corrected chi connectivity index (χ1v) is 6.26. The van der Waals surface area contributed by atoms with Gasteiger partial charge in [0.2, 0.25) is 5.95 Å². The lowest BCUT2D eigenvalue weighted by molar-refractivity contribution is 0.834. The fourth-order valence-corrected chi connectivity index (χ4v) is 1.91. The smallest absolute Gasteiger partial charge is 0.289 e. The minimum Gasteiger partial charge on any atom is -0.383 e. The Morgan fingerprint density at radius 2 is 2.00 bits per heavy atom. The van der Waals surface area contributed by atoms with Crippen LogP contribution in [-0.2, 0) is 0 Å². The fourth-order valence-electron chi connectivity index (χ4n) is 1.79. The molecule has 0 bridgehead atoms. The molecule has 0 saturated carbocycles. The molecular formula is C12H10ClN7O. The minimum absolute atomic E-state index is 0.0794. The van der Waals surface area contributed by atoms with E-state index >= 15 is 0 Å². The van der Waals surface area contributed by atoms with Gasteiger partial charge < -0.3 is 11.5 Å². The van der Waals surface area contributed by atoms with Gasteiger partial charge in [-0.3, -0.25) is 9.89 Å². The van der Waals surface area contributed by atoms with Gasteiger partial charge in [-0.05, 0) is 17.7 Å². The van der Waals surface area contributed by atoms with E-state index in [4.69, 9.17) is 23.1 Å². The number of aromatic nitrogens is 4. The van der Waals surface area contributed by atoms with Crippen LogP contribution in [0.1, 0.15) is 5.56 Å². The average Bonchev–Trinajstić information content (AvgIpc) is 2.82. The highest BCUT2D eigenvalue weighted by molar-refractivity contribution is 6.30. The Morgan fingerprint density at radius 1 is 1.29 bits per heavy atom. The number of hydrogen-bond acceptors (Lipinski definition) is 6. The number of nitrogens with two attached hydrogens (primary N) is 2. The first-order valence-electron chi connectivity index (χ1n) is 5.88. The molecule has 0 amide bonds. The summed E-state index contributed by atoms with van der Waals surface area (Å²) in [4.78, 5) is 16.2. The lowest BCUT2D eigenvalue weighted by Crippen LogP contribution is -2.21. The zero-order chi connectivity index (χ0) is 15.0. The number of hydrogen-bond donors (Lipinski definition) is 3. The van der Waals surface area contributed by atoms with E-state index in [0.29, 0.717) is 5.02 Å². The van der Waals surface area contributed by atoms with E-state index in [1.54, 1.807) is 24.3 Å². The van der Waals surface area contributed by atoms with E-state index in [2.05, 4.69) is 20.3 Å². The summed E-state index contributed by atoms with van der Waals surface area (Å²) in [7, 11) is 0. The van der Waals surface area contributed by atoms with Crippen molar-refractivity contribution in [3.8, 4) is 0 Å². The molecule has 21 heavy (non-hydrogen) atoms. The van der Waals surface area contributed by atoms with Crippen LogP contribution in [0.25, 0.3) is 11.0 Å². The van der Waals surface area contributed by atoms with Crippen LogP contribution in [0.2, 0.25) is 5.02 Å². The number of nitrogens with one attached hydrogen (secondary N) is 1. The van der Waals surface area contributed by atoms with Gasteiger partial charge >= 0.3 is 0 Å². The molecule has 3 aromatic rings. The zero-order valence-corrected chi connectivity index (χ0v) is 11.4. The van der Waals surface area contributed by atoms with Gasteiger partial charge in [0.25, 0.3) is 5.56 Å². The van der Waals surface area contributed by atoms with E-state index < -0.39 is 5.56 Å². The number of halogens is 1. The second kappa shape index (κ2) is 4.91. The second-order valence-electron chi connectivity index (χ2n) is 4.22. The normalized spacial score (nSPS) is 11.5. The molecule has 0 atom stereocenters. The van der Waals surface area contributed by atoms with Crippen LogP contribution < -0.4 is 17.0 Å². The van der Waals surface area contributed by atoms with E-state index in [-0.39, 0.29) is 22.8 Å². The van der Waals surface area contributed by atoms with Crippen molar-refractivity contribution in [3.05, 3.63) is 45.2 Å². The molecule has 9 heteroatoms. The zero-order valence-electron chi connectivity index (χ0n) is 10.6. The van der Waals surface area contributed by atoms with Crippen molar-refractivity contribution in [1.29, 1.82) is 0 Å². The fraction of sp³-hybridized carbons (Fsp3) is 0. The number of nitrogens with zero attached hydrogens (tertiary/aromatic N) is 4. The van der Waals surface area contributed by atoms with Crippen molar-refractivity contribution in [2.75, 3.05) is 11.5 Å². The number of aromatic amines is 1. The maximum absolute atomic E-state index is 12.3. The molecule has 106 valence electrons. The number of benzene rings is 1. The molecule has 0 unspecified atom stereocenters. The molecule has 1 aromatic carbocycles. The van der Waals surface area contributed by atoms with Crippen molar-refractivity contribution < 1.29 is 0 Å². The summed E-state index contributed by atoms with van der Waals surface area (Å²) >= 11 is 5.80. The number of rotatable bonds is 2. The van der Waals surface area contributed by atoms with Gasteiger partial charge in [0.15, 0.2) is 5.65 Å². The standard InChI is InChI=1S/C12H10ClN7O/c13-7-3-1-6(2-4-7)5-16-20-11(21)8-9(14)18-19-10(8)17-12(20)15/h1-5H,(H5,14,15,17,18,19)/b16-5+. The first-order chi connectivity index (χ1) is 10.1. The highest BCUT2D eigenvalue weighted by Crippen LogP contribution is 2.12. The molecule has 0 saturated heterocycles. The van der Waals surface area contributed by atoms with Crippen LogP contribution in [0.4, 0.5) is 11.8 Å². The van der Waals surface area contributed by atoms with Gasteiger partial charge in [0.1, 0.15) is 11.2 Å². The predicted molar refractivity (Wildman–Crippen MR) is 81.4 cm³/mol. The summed E-state index contributed by atoms with van der Waals surface area (Å²) in [6.07, 6.45) is 1.47. The summed E-state index contributed by atoms with van der Waals surface area (Å²) in [6, 6.07) is 6.94. The minimum atomic E-state index is -0.492. The van der Waals surface area contributed by atoms with Crippen LogP contribution in [0.3, 0.4) is 0 Å². The Morgan fingerprint density at radius 3 is 2.71 bits per heavy atom. The summed E-state index contributed by atoms with van der Waals surface area (Å²) in [5.74, 6) is 0.0437. The van der Waals surface area contributed by atoms with Crippen molar-refractivity contribution in [3.63, 3.8) is 0 Å². The van der Waals surface area contributed by atoms with Crippen LogP contribution in [-0.4, -0.2) is 26.1 Å². The first kappa shape index (κ1) is 13.1. The quantitative estimate of drug-likeness (QED) is 0.604. The summed E-state index contributed by atoms with van der Waals surface area (Å²) < 4.78 is 0.961. The van der Waals surface area contributed by atoms with Crippen LogP contribution in [0.5, 0.6) is 0 Å². The van der Waals surface area contributed by atoms with Crippen molar-refractivity contribution in [2.45, 2.75) is 0 Å². The third-order valence-corrected chi connectivity index (χ3v) is 3.06. The molecule has 0 spiro atoms. The second-order valence-corrected chi connectivity index (χ2v) is 4.66. The molecule has 5 N–H and O–H groups in total. The van der Waals surface area contributed by atoms with Gasteiger partial charge in [0.05, 0.1) is 6.21 Å². The highest BCUT2D eigenvalue weighted by atomic mass is 35.5. The Labute approximate surface area is 123 Å². The van der Waals surface area contributed by atoms with Crippen LogP contribution >= 0.6 is 11.6 Å². The molecule has 0 radical (unpaired) electrons. The molecule has 2 heterocycles. The predicted octanol–water partition coefficient (Wildman–Crippen LogP) is 0.820.